The zero-order chi connectivity index (χ0) is 14.2. The van der Waals surface area contributed by atoms with Crippen LogP contribution in [0.15, 0.2) is 18.2 Å². The van der Waals surface area contributed by atoms with Crippen LogP contribution in [0.4, 0.5) is 0 Å². The Balaban J connectivity index is 2.00. The molecular formula is C17H23NO2. The Morgan fingerprint density at radius 2 is 2.05 bits per heavy atom. The van der Waals surface area contributed by atoms with Crippen LogP contribution in [0.3, 0.4) is 0 Å². The molecule has 0 saturated heterocycles. The molecule has 0 aliphatic heterocycles. The van der Waals surface area contributed by atoms with Gasteiger partial charge in [0.25, 0.3) is 0 Å². The van der Waals surface area contributed by atoms with E-state index in [1.54, 1.807) is 7.11 Å². The molecule has 0 aromatic heterocycles. The Hall–Kier alpha value is -1.50. The van der Waals surface area contributed by atoms with Crippen LogP contribution in [0.25, 0.3) is 0 Å². The smallest absolute Gasteiger partial charge is 0.134 e. The summed E-state index contributed by atoms with van der Waals surface area (Å²) < 4.78 is 11.3. The summed E-state index contributed by atoms with van der Waals surface area (Å²) in [5, 5.41) is 0. The van der Waals surface area contributed by atoms with E-state index < -0.39 is 0 Å². The lowest BCUT2D eigenvalue weighted by Crippen LogP contribution is -2.16. The van der Waals surface area contributed by atoms with Gasteiger partial charge < -0.3 is 15.2 Å². The molecule has 0 bridgehead atoms. The zero-order valence-electron chi connectivity index (χ0n) is 12.2. The normalized spacial score (nSPS) is 15.5. The molecule has 1 aromatic rings. The zero-order valence-corrected chi connectivity index (χ0v) is 12.2. The van der Waals surface area contributed by atoms with E-state index in [9.17, 15) is 0 Å². The van der Waals surface area contributed by atoms with Crippen molar-refractivity contribution in [3.8, 4) is 17.6 Å². The van der Waals surface area contributed by atoms with Crippen molar-refractivity contribution in [1.82, 2.24) is 0 Å². The van der Waals surface area contributed by atoms with Gasteiger partial charge in [0.1, 0.15) is 5.75 Å². The van der Waals surface area contributed by atoms with Gasteiger partial charge in [-0.2, -0.15) is 0 Å². The Bertz CT molecular complexity index is 481. The van der Waals surface area contributed by atoms with Gasteiger partial charge in [-0.3, -0.25) is 0 Å². The summed E-state index contributed by atoms with van der Waals surface area (Å²) in [4.78, 5) is 0. The standard InChI is InChI=1S/C17H23NO2/c1-19-17-10-9-14(12-15(17)6-5-11-18)13-20-16-7-3-2-4-8-16/h9-10,12,16H,2-4,7-8,11,13,18H2,1H3. The van der Waals surface area contributed by atoms with E-state index in [2.05, 4.69) is 11.8 Å². The highest BCUT2D eigenvalue weighted by molar-refractivity contribution is 5.48. The van der Waals surface area contributed by atoms with E-state index in [1.165, 1.54) is 32.1 Å². The van der Waals surface area contributed by atoms with Crippen molar-refractivity contribution in [3.05, 3.63) is 29.3 Å². The first kappa shape index (κ1) is 14.9. The largest absolute Gasteiger partial charge is 0.495 e. The summed E-state index contributed by atoms with van der Waals surface area (Å²) in [7, 11) is 1.65. The summed E-state index contributed by atoms with van der Waals surface area (Å²) in [6.07, 6.45) is 6.73. The molecule has 0 unspecified atom stereocenters. The molecule has 0 spiro atoms. The lowest BCUT2D eigenvalue weighted by atomic mass is 9.98. The Labute approximate surface area is 121 Å². The van der Waals surface area contributed by atoms with Gasteiger partial charge >= 0.3 is 0 Å². The SMILES string of the molecule is COc1ccc(COC2CCCCC2)cc1C#CCN. The molecule has 2 rings (SSSR count). The van der Waals surface area contributed by atoms with E-state index in [0.717, 1.165) is 16.9 Å². The molecule has 1 saturated carbocycles. The van der Waals surface area contributed by atoms with Crippen molar-refractivity contribution in [3.63, 3.8) is 0 Å². The summed E-state index contributed by atoms with van der Waals surface area (Å²) >= 11 is 0. The van der Waals surface area contributed by atoms with Gasteiger partial charge in [-0.05, 0) is 30.5 Å². The molecular weight excluding hydrogens is 250 g/mol. The minimum atomic E-state index is 0.353. The van der Waals surface area contributed by atoms with Crippen LogP contribution in [0.2, 0.25) is 0 Å². The molecule has 1 aliphatic carbocycles. The number of methoxy groups -OCH3 is 1. The number of ether oxygens (including phenoxy) is 2. The number of nitrogens with two attached hydrogens (primary N) is 1. The van der Waals surface area contributed by atoms with Crippen LogP contribution in [-0.2, 0) is 11.3 Å². The van der Waals surface area contributed by atoms with Crippen molar-refractivity contribution >= 4 is 0 Å². The molecule has 0 heterocycles. The fourth-order valence-electron chi connectivity index (χ4n) is 2.53. The predicted molar refractivity (Wildman–Crippen MR) is 80.6 cm³/mol. The quantitative estimate of drug-likeness (QED) is 0.858. The Morgan fingerprint density at radius 3 is 2.75 bits per heavy atom. The van der Waals surface area contributed by atoms with Gasteiger partial charge in [0.05, 0.1) is 31.9 Å². The van der Waals surface area contributed by atoms with Crippen LogP contribution in [0.1, 0.15) is 43.2 Å². The van der Waals surface area contributed by atoms with Gasteiger partial charge in [0, 0.05) is 0 Å². The van der Waals surface area contributed by atoms with Gasteiger partial charge in [0.15, 0.2) is 0 Å². The summed E-state index contributed by atoms with van der Waals surface area (Å²) in [6.45, 7) is 0.998. The highest BCUT2D eigenvalue weighted by Crippen LogP contribution is 2.23. The van der Waals surface area contributed by atoms with Crippen LogP contribution in [-0.4, -0.2) is 19.8 Å². The maximum atomic E-state index is 5.99. The van der Waals surface area contributed by atoms with E-state index in [1.807, 2.05) is 18.2 Å². The van der Waals surface area contributed by atoms with Crippen molar-refractivity contribution in [1.29, 1.82) is 0 Å². The summed E-state index contributed by atoms with van der Waals surface area (Å²) in [5.74, 6) is 6.70. The number of hydrogen-bond donors (Lipinski definition) is 1. The molecule has 0 amide bonds. The van der Waals surface area contributed by atoms with Crippen LogP contribution < -0.4 is 10.5 Å². The van der Waals surface area contributed by atoms with Gasteiger partial charge in [-0.15, -0.1) is 0 Å². The first-order chi connectivity index (χ1) is 9.83. The molecule has 1 aliphatic rings. The third-order valence-corrected chi connectivity index (χ3v) is 3.63. The molecule has 3 heteroatoms. The first-order valence-electron chi connectivity index (χ1n) is 7.31. The third-order valence-electron chi connectivity index (χ3n) is 3.63. The second kappa shape index (κ2) is 7.94. The van der Waals surface area contributed by atoms with Crippen LogP contribution in [0, 0.1) is 11.8 Å². The number of benzene rings is 1. The molecule has 0 atom stereocenters. The van der Waals surface area contributed by atoms with Crippen molar-refractivity contribution in [2.45, 2.75) is 44.8 Å². The molecule has 108 valence electrons. The highest BCUT2D eigenvalue weighted by Gasteiger charge is 2.13. The summed E-state index contributed by atoms with van der Waals surface area (Å²) in [6, 6.07) is 6.01. The van der Waals surface area contributed by atoms with Gasteiger partial charge in [-0.1, -0.05) is 37.2 Å². The Kier molecular flexibility index (Phi) is 5.91. The lowest BCUT2D eigenvalue weighted by molar-refractivity contribution is 0.0168. The van der Waals surface area contributed by atoms with E-state index in [-0.39, 0.29) is 0 Å². The highest BCUT2D eigenvalue weighted by atomic mass is 16.5. The molecule has 1 aromatic carbocycles. The number of hydrogen-bond acceptors (Lipinski definition) is 3. The van der Waals surface area contributed by atoms with E-state index >= 15 is 0 Å². The average Bonchev–Trinajstić information content (AvgIpc) is 2.52. The van der Waals surface area contributed by atoms with E-state index in [0.29, 0.717) is 19.3 Å². The molecule has 1 fully saturated rings. The van der Waals surface area contributed by atoms with Gasteiger partial charge in [0.2, 0.25) is 0 Å². The van der Waals surface area contributed by atoms with Crippen molar-refractivity contribution in [2.24, 2.45) is 5.73 Å². The van der Waals surface area contributed by atoms with Gasteiger partial charge in [-0.25, -0.2) is 0 Å². The lowest BCUT2D eigenvalue weighted by Gasteiger charge is -2.22. The number of rotatable bonds is 4. The Morgan fingerprint density at radius 1 is 1.25 bits per heavy atom. The monoisotopic (exact) mass is 273 g/mol. The molecule has 0 radical (unpaired) electrons. The van der Waals surface area contributed by atoms with E-state index in [4.69, 9.17) is 15.2 Å². The second-order valence-corrected chi connectivity index (χ2v) is 5.11. The predicted octanol–water partition coefficient (Wildman–Crippen LogP) is 2.85. The third kappa shape index (κ3) is 4.26. The minimum absolute atomic E-state index is 0.353. The first-order valence-corrected chi connectivity index (χ1v) is 7.31. The molecule has 3 nitrogen and oxygen atoms in total. The van der Waals surface area contributed by atoms with Crippen LogP contribution >= 0.6 is 0 Å². The second-order valence-electron chi connectivity index (χ2n) is 5.11. The molecule has 2 N–H and O–H groups in total. The topological polar surface area (TPSA) is 44.5 Å². The van der Waals surface area contributed by atoms with Crippen molar-refractivity contribution in [2.75, 3.05) is 13.7 Å². The molecule has 20 heavy (non-hydrogen) atoms. The average molecular weight is 273 g/mol. The minimum Gasteiger partial charge on any atom is -0.495 e. The fraction of sp³-hybridized carbons (Fsp3) is 0.529. The summed E-state index contributed by atoms with van der Waals surface area (Å²) in [5.41, 5.74) is 7.44. The maximum absolute atomic E-state index is 5.99. The fourth-order valence-corrected chi connectivity index (χ4v) is 2.53. The maximum Gasteiger partial charge on any atom is 0.134 e. The van der Waals surface area contributed by atoms with Crippen LogP contribution in [0.5, 0.6) is 5.75 Å². The van der Waals surface area contributed by atoms with Crippen molar-refractivity contribution < 1.29 is 9.47 Å².